The van der Waals surface area contributed by atoms with Gasteiger partial charge in [0.2, 0.25) is 0 Å². The van der Waals surface area contributed by atoms with Gasteiger partial charge in [-0.2, -0.15) is 8.42 Å². The summed E-state index contributed by atoms with van der Waals surface area (Å²) in [5.41, 5.74) is 0.142. The lowest BCUT2D eigenvalue weighted by molar-refractivity contribution is -0.202. The molecule has 0 amide bonds. The summed E-state index contributed by atoms with van der Waals surface area (Å²) in [6.45, 7) is 15.8. The molecule has 39 heavy (non-hydrogen) atoms. The molecule has 4 fully saturated rings. The molecule has 0 aromatic carbocycles. The summed E-state index contributed by atoms with van der Waals surface area (Å²) in [5, 5.41) is 20.9. The minimum atomic E-state index is -4.67. The van der Waals surface area contributed by atoms with Crippen LogP contribution in [0.15, 0.2) is 11.6 Å². The third-order valence-electron chi connectivity index (χ3n) is 13.1. The lowest BCUT2D eigenvalue weighted by atomic mass is 9.33. The number of hydrogen-bond donors (Lipinski definition) is 4. The van der Waals surface area contributed by atoms with Crippen LogP contribution in [0.1, 0.15) is 106 Å². The standard InChI is InChI=1S/C30H46O4.H2O4S/c1-25(2)21-8-11-30(7)23(28(21,5)10-9-22(25)32)20(31)16-18-19-17-27(4,24(33)34)13-12-26(19,3)14-15-29(18,30)6;1-5(2,3)4/h16,19,21-23,32H,8-15,17H2,1-7H3,(H,33,34);(H2,1,2,3,4)/t19-,21-,22-,23+,26+,27-,28-,29+,30+;/m0./s1. The number of rotatable bonds is 1. The molecule has 0 radical (unpaired) electrons. The van der Waals surface area contributed by atoms with E-state index < -0.39 is 21.8 Å². The van der Waals surface area contributed by atoms with Crippen LogP contribution in [0.4, 0.5) is 0 Å². The zero-order valence-corrected chi connectivity index (χ0v) is 25.4. The van der Waals surface area contributed by atoms with Crippen LogP contribution in [-0.2, 0) is 20.0 Å². The molecule has 222 valence electrons. The third-order valence-corrected chi connectivity index (χ3v) is 13.1. The van der Waals surface area contributed by atoms with Crippen LogP contribution in [0.25, 0.3) is 0 Å². The van der Waals surface area contributed by atoms with Crippen molar-refractivity contribution in [1.29, 1.82) is 0 Å². The molecule has 0 unspecified atom stereocenters. The number of aliphatic carboxylic acids is 1. The van der Waals surface area contributed by atoms with Gasteiger partial charge in [-0.25, -0.2) is 0 Å². The van der Waals surface area contributed by atoms with Crippen molar-refractivity contribution in [3.8, 4) is 0 Å². The minimum absolute atomic E-state index is 0.0296. The Balaban J connectivity index is 0.000000648. The van der Waals surface area contributed by atoms with Crippen LogP contribution in [0, 0.1) is 50.2 Å². The van der Waals surface area contributed by atoms with E-state index in [9.17, 15) is 19.8 Å². The van der Waals surface area contributed by atoms with E-state index >= 15 is 0 Å². The van der Waals surface area contributed by atoms with Gasteiger partial charge in [0.15, 0.2) is 5.78 Å². The molecule has 4 N–H and O–H groups in total. The van der Waals surface area contributed by atoms with E-state index in [0.717, 1.165) is 51.4 Å². The van der Waals surface area contributed by atoms with Crippen molar-refractivity contribution >= 4 is 22.2 Å². The number of hydrogen-bond acceptors (Lipinski definition) is 5. The van der Waals surface area contributed by atoms with Crippen molar-refractivity contribution in [3.05, 3.63) is 11.6 Å². The number of carbonyl (C=O) groups is 2. The van der Waals surface area contributed by atoms with Crippen LogP contribution < -0.4 is 0 Å². The van der Waals surface area contributed by atoms with E-state index in [1.54, 1.807) is 0 Å². The molecule has 5 aliphatic rings. The normalized spacial score (nSPS) is 48.7. The van der Waals surface area contributed by atoms with Gasteiger partial charge in [-0.1, -0.05) is 47.1 Å². The number of carbonyl (C=O) groups excluding carboxylic acids is 1. The van der Waals surface area contributed by atoms with Gasteiger partial charge in [0.1, 0.15) is 0 Å². The second-order valence-corrected chi connectivity index (χ2v) is 16.3. The summed E-state index contributed by atoms with van der Waals surface area (Å²) in [6.07, 6.45) is 9.95. The summed E-state index contributed by atoms with van der Waals surface area (Å²) in [4.78, 5) is 26.4. The Hall–Kier alpha value is -1.29. The van der Waals surface area contributed by atoms with Gasteiger partial charge in [-0.05, 0) is 110 Å². The van der Waals surface area contributed by atoms with E-state index in [1.807, 2.05) is 13.0 Å². The van der Waals surface area contributed by atoms with Crippen molar-refractivity contribution in [2.75, 3.05) is 0 Å². The number of carboxylic acid groups (broad SMARTS) is 1. The summed E-state index contributed by atoms with van der Waals surface area (Å²) in [5.74, 6) is 0.0603. The Bertz CT molecular complexity index is 1180. The molecule has 5 aliphatic carbocycles. The largest absolute Gasteiger partial charge is 0.481 e. The highest BCUT2D eigenvalue weighted by Gasteiger charge is 2.70. The molecule has 0 aliphatic heterocycles. The topological polar surface area (TPSA) is 149 Å². The van der Waals surface area contributed by atoms with E-state index in [4.69, 9.17) is 17.5 Å². The molecule has 9 heteroatoms. The van der Waals surface area contributed by atoms with Gasteiger partial charge in [-0.15, -0.1) is 0 Å². The number of aliphatic hydroxyl groups excluding tert-OH is 1. The Labute approximate surface area is 233 Å². The fourth-order valence-corrected chi connectivity index (χ4v) is 10.4. The molecule has 0 aromatic heterocycles. The Morgan fingerprint density at radius 3 is 2.03 bits per heavy atom. The first-order valence-corrected chi connectivity index (χ1v) is 15.8. The van der Waals surface area contributed by atoms with Gasteiger partial charge >= 0.3 is 16.4 Å². The average molecular weight is 569 g/mol. The molecule has 8 nitrogen and oxygen atoms in total. The predicted molar refractivity (Wildman–Crippen MR) is 147 cm³/mol. The van der Waals surface area contributed by atoms with Crippen molar-refractivity contribution in [1.82, 2.24) is 0 Å². The molecule has 5 rings (SSSR count). The van der Waals surface area contributed by atoms with Gasteiger partial charge in [0.25, 0.3) is 0 Å². The van der Waals surface area contributed by atoms with Gasteiger partial charge in [0.05, 0.1) is 11.5 Å². The predicted octanol–water partition coefficient (Wildman–Crippen LogP) is 5.76. The third kappa shape index (κ3) is 4.54. The van der Waals surface area contributed by atoms with Gasteiger partial charge < -0.3 is 10.2 Å². The number of aliphatic hydroxyl groups is 1. The van der Waals surface area contributed by atoms with Crippen LogP contribution in [0.5, 0.6) is 0 Å². The molecular formula is C30H48O8S. The van der Waals surface area contributed by atoms with E-state index in [1.165, 1.54) is 5.57 Å². The van der Waals surface area contributed by atoms with Crippen LogP contribution in [0.2, 0.25) is 0 Å². The average Bonchev–Trinajstić information content (AvgIpc) is 2.78. The molecule has 9 atom stereocenters. The SMILES string of the molecule is CC1(C)[C@@H](O)CC[C@]2(C)[C@H]3C(=O)C=C4[C@@H]5C[C@@](C)(C(=O)O)CC[C@]5(C)CC[C@@]4(C)[C@]3(C)CC[C@@H]12.O=S(=O)(O)O. The second kappa shape index (κ2) is 9.10. The maximum Gasteiger partial charge on any atom is 0.394 e. The van der Waals surface area contributed by atoms with Crippen LogP contribution in [-0.4, -0.2) is 45.6 Å². The summed E-state index contributed by atoms with van der Waals surface area (Å²) < 4.78 is 31.6. The number of ketones is 1. The second-order valence-electron chi connectivity index (χ2n) is 15.4. The zero-order valence-electron chi connectivity index (χ0n) is 24.6. The summed E-state index contributed by atoms with van der Waals surface area (Å²) in [6, 6.07) is 0. The first kappa shape index (κ1) is 30.7. The van der Waals surface area contributed by atoms with Crippen LogP contribution in [0.3, 0.4) is 0 Å². The van der Waals surface area contributed by atoms with Crippen molar-refractivity contribution < 1.29 is 37.3 Å². The van der Waals surface area contributed by atoms with Gasteiger partial charge in [0, 0.05) is 5.92 Å². The van der Waals surface area contributed by atoms with Crippen molar-refractivity contribution in [2.45, 2.75) is 112 Å². The Morgan fingerprint density at radius 1 is 0.897 bits per heavy atom. The molecular weight excluding hydrogens is 520 g/mol. The number of carboxylic acids is 1. The first-order chi connectivity index (χ1) is 17.6. The fourth-order valence-electron chi connectivity index (χ4n) is 10.4. The van der Waals surface area contributed by atoms with E-state index in [-0.39, 0.29) is 50.8 Å². The quantitative estimate of drug-likeness (QED) is 0.292. The molecule has 0 aromatic rings. The fraction of sp³-hybridized carbons (Fsp3) is 0.867. The monoisotopic (exact) mass is 568 g/mol. The van der Waals surface area contributed by atoms with Crippen molar-refractivity contribution in [3.63, 3.8) is 0 Å². The smallest absolute Gasteiger partial charge is 0.394 e. The highest BCUT2D eigenvalue weighted by atomic mass is 32.3. The molecule has 0 saturated heterocycles. The summed E-state index contributed by atoms with van der Waals surface area (Å²) >= 11 is 0. The summed E-state index contributed by atoms with van der Waals surface area (Å²) in [7, 11) is -4.67. The highest BCUT2D eigenvalue weighted by molar-refractivity contribution is 7.79. The maximum absolute atomic E-state index is 14.2. The lowest BCUT2D eigenvalue weighted by Crippen LogP contribution is -2.66. The zero-order chi connectivity index (χ0) is 29.6. The molecule has 0 bridgehead atoms. The number of allylic oxidation sites excluding steroid dienone is 2. The van der Waals surface area contributed by atoms with Crippen molar-refractivity contribution in [2.24, 2.45) is 50.2 Å². The van der Waals surface area contributed by atoms with E-state index in [2.05, 4.69) is 41.5 Å². The molecule has 4 saturated carbocycles. The minimum Gasteiger partial charge on any atom is -0.481 e. The number of fused-ring (bicyclic) bond motifs is 7. The lowest BCUT2D eigenvalue weighted by Gasteiger charge is -2.70. The first-order valence-electron chi connectivity index (χ1n) is 14.4. The Morgan fingerprint density at radius 2 is 1.46 bits per heavy atom. The molecule has 0 spiro atoms. The van der Waals surface area contributed by atoms with Gasteiger partial charge in [-0.3, -0.25) is 18.7 Å². The maximum atomic E-state index is 14.2. The Kier molecular flexibility index (Phi) is 7.16. The van der Waals surface area contributed by atoms with E-state index in [0.29, 0.717) is 12.3 Å². The highest BCUT2D eigenvalue weighted by Crippen LogP contribution is 2.75. The van der Waals surface area contributed by atoms with Crippen LogP contribution >= 0.6 is 0 Å². The molecule has 0 heterocycles.